The van der Waals surface area contributed by atoms with E-state index >= 15 is 0 Å². The molecular weight excluding hydrogens is 510 g/mol. The number of benzene rings is 2. The highest BCUT2D eigenvalue weighted by Gasteiger charge is 2.31. The average molecular weight is 566 g/mol. The van der Waals surface area contributed by atoms with E-state index in [1.165, 1.54) is 68.9 Å². The van der Waals surface area contributed by atoms with Crippen molar-refractivity contribution in [2.24, 2.45) is 0 Å². The van der Waals surface area contributed by atoms with E-state index in [0.717, 1.165) is 56.6 Å². The van der Waals surface area contributed by atoms with Gasteiger partial charge in [0.15, 0.2) is 0 Å². The summed E-state index contributed by atoms with van der Waals surface area (Å²) >= 11 is 0. The molecule has 2 aromatic rings. The lowest BCUT2D eigenvalue weighted by Crippen LogP contribution is -2.27. The number of unbranched alkanes of at least 4 members (excludes halogenated alkanes) is 10. The molecule has 0 radical (unpaired) electrons. The minimum absolute atomic E-state index is 0.000332. The largest absolute Gasteiger partial charge is 0.497 e. The molecule has 1 heterocycles. The maximum atomic E-state index is 12.4. The van der Waals surface area contributed by atoms with Gasteiger partial charge in [0.2, 0.25) is 0 Å². The predicted octanol–water partition coefficient (Wildman–Crippen LogP) is 8.57. The van der Waals surface area contributed by atoms with Crippen LogP contribution in [0.3, 0.4) is 0 Å². The number of carbonyl (C=O) groups excluding carboxylic acids is 1. The second-order valence-corrected chi connectivity index (χ2v) is 11.8. The number of para-hydroxylation sites is 1. The van der Waals surface area contributed by atoms with Crippen molar-refractivity contribution in [3.63, 3.8) is 0 Å². The van der Waals surface area contributed by atoms with Crippen LogP contribution in [0.15, 0.2) is 48.5 Å². The minimum Gasteiger partial charge on any atom is -0.497 e. The van der Waals surface area contributed by atoms with Crippen molar-refractivity contribution in [3.8, 4) is 11.5 Å². The van der Waals surface area contributed by atoms with Gasteiger partial charge in [-0.2, -0.15) is 0 Å². The Morgan fingerprint density at radius 3 is 2.32 bits per heavy atom. The van der Waals surface area contributed by atoms with E-state index in [0.29, 0.717) is 19.1 Å². The van der Waals surface area contributed by atoms with Gasteiger partial charge in [0, 0.05) is 25.4 Å². The Hall–Kier alpha value is -2.53. The first-order valence-corrected chi connectivity index (χ1v) is 16.3. The number of carbonyl (C=O) groups is 1. The van der Waals surface area contributed by atoms with E-state index in [-0.39, 0.29) is 12.1 Å². The standard InChI is InChI=1S/C36H55NO4/c1-4-5-6-7-8-9-10-11-12-13-14-22-36(38)41-34-28-32(37(2)29-34)25-26-40-35-21-16-15-19-31(35)24-23-30-18-17-20-33(27-30)39-3/h15-21,27,32,34H,4-14,22-26,28-29H2,1-3H3/t32-,34-/m1/s1. The van der Waals surface area contributed by atoms with Gasteiger partial charge in [-0.05, 0) is 62.1 Å². The first-order chi connectivity index (χ1) is 20.1. The van der Waals surface area contributed by atoms with E-state index in [2.05, 4.69) is 49.2 Å². The highest BCUT2D eigenvalue weighted by molar-refractivity contribution is 5.69. The number of nitrogens with zero attached hydrogens (tertiary/aromatic N) is 1. The fourth-order valence-electron chi connectivity index (χ4n) is 5.89. The van der Waals surface area contributed by atoms with Crippen molar-refractivity contribution in [1.29, 1.82) is 0 Å². The molecule has 0 N–H and O–H groups in total. The summed E-state index contributed by atoms with van der Waals surface area (Å²) in [5.74, 6) is 1.83. The van der Waals surface area contributed by atoms with Gasteiger partial charge >= 0.3 is 5.97 Å². The number of hydrogen-bond acceptors (Lipinski definition) is 5. The summed E-state index contributed by atoms with van der Waals surface area (Å²) in [7, 11) is 3.83. The van der Waals surface area contributed by atoms with Crippen LogP contribution < -0.4 is 9.47 Å². The summed E-state index contributed by atoms with van der Waals surface area (Å²) in [6, 6.07) is 17.0. The fraction of sp³-hybridized carbons (Fsp3) is 0.639. The summed E-state index contributed by atoms with van der Waals surface area (Å²) in [4.78, 5) is 14.8. The maximum absolute atomic E-state index is 12.4. The van der Waals surface area contributed by atoms with Crippen molar-refractivity contribution in [2.75, 3.05) is 27.3 Å². The zero-order valence-electron chi connectivity index (χ0n) is 26.1. The monoisotopic (exact) mass is 565 g/mol. The molecule has 1 saturated heterocycles. The van der Waals surface area contributed by atoms with E-state index in [9.17, 15) is 4.79 Å². The van der Waals surface area contributed by atoms with Gasteiger partial charge in [0.1, 0.15) is 17.6 Å². The van der Waals surface area contributed by atoms with Gasteiger partial charge in [-0.25, -0.2) is 0 Å². The number of likely N-dealkylation sites (tertiary alicyclic amines) is 1. The molecular formula is C36H55NO4. The molecule has 0 aromatic heterocycles. The van der Waals surface area contributed by atoms with Crippen LogP contribution in [0.1, 0.15) is 108 Å². The average Bonchev–Trinajstić information content (AvgIpc) is 3.33. The minimum atomic E-state index is -0.0267. The van der Waals surface area contributed by atoms with Crippen LogP contribution in [0.2, 0.25) is 0 Å². The highest BCUT2D eigenvalue weighted by Crippen LogP contribution is 2.25. The molecule has 5 heteroatoms. The Bertz CT molecular complexity index is 993. The predicted molar refractivity (Wildman–Crippen MR) is 169 cm³/mol. The van der Waals surface area contributed by atoms with E-state index in [4.69, 9.17) is 14.2 Å². The van der Waals surface area contributed by atoms with E-state index in [1.807, 2.05) is 18.2 Å². The molecule has 2 atom stereocenters. The molecule has 1 fully saturated rings. The van der Waals surface area contributed by atoms with Crippen LogP contribution in [-0.4, -0.2) is 50.3 Å². The third-order valence-electron chi connectivity index (χ3n) is 8.43. The molecule has 0 aliphatic carbocycles. The summed E-state index contributed by atoms with van der Waals surface area (Å²) in [5, 5.41) is 0. The summed E-state index contributed by atoms with van der Waals surface area (Å²) in [6.45, 7) is 3.74. The zero-order chi connectivity index (χ0) is 29.1. The number of methoxy groups -OCH3 is 1. The summed E-state index contributed by atoms with van der Waals surface area (Å²) in [5.41, 5.74) is 2.49. The Morgan fingerprint density at radius 1 is 0.878 bits per heavy atom. The molecule has 1 aliphatic heterocycles. The van der Waals surface area contributed by atoms with Crippen LogP contribution in [0.5, 0.6) is 11.5 Å². The Labute approximate surface area is 250 Å². The molecule has 2 aromatic carbocycles. The van der Waals surface area contributed by atoms with Crippen LogP contribution in [-0.2, 0) is 22.4 Å². The van der Waals surface area contributed by atoms with Crippen molar-refractivity contribution >= 4 is 5.97 Å². The van der Waals surface area contributed by atoms with Crippen molar-refractivity contribution in [2.45, 2.75) is 122 Å². The molecule has 0 saturated carbocycles. The zero-order valence-corrected chi connectivity index (χ0v) is 26.1. The summed E-state index contributed by atoms with van der Waals surface area (Å²) in [6.07, 6.45) is 18.4. The second-order valence-electron chi connectivity index (χ2n) is 11.8. The molecule has 5 nitrogen and oxygen atoms in total. The Kier molecular flexibility index (Phi) is 15.7. The topological polar surface area (TPSA) is 48.0 Å². The molecule has 0 bridgehead atoms. The van der Waals surface area contributed by atoms with Gasteiger partial charge in [-0.3, -0.25) is 9.69 Å². The maximum Gasteiger partial charge on any atom is 0.306 e. The second kappa shape index (κ2) is 19.6. The van der Waals surface area contributed by atoms with Gasteiger partial charge in [-0.1, -0.05) is 101 Å². The van der Waals surface area contributed by atoms with Crippen LogP contribution in [0, 0.1) is 0 Å². The third kappa shape index (κ3) is 12.9. The first-order valence-electron chi connectivity index (χ1n) is 16.3. The normalized spacial score (nSPS) is 17.0. The molecule has 3 rings (SSSR count). The van der Waals surface area contributed by atoms with Crippen molar-refractivity contribution in [1.82, 2.24) is 4.90 Å². The number of esters is 1. The molecule has 0 unspecified atom stereocenters. The number of rotatable bonds is 21. The van der Waals surface area contributed by atoms with Crippen molar-refractivity contribution < 1.29 is 19.0 Å². The first kappa shape index (κ1) is 33.0. The Morgan fingerprint density at radius 2 is 1.59 bits per heavy atom. The lowest BCUT2D eigenvalue weighted by Gasteiger charge is -2.19. The molecule has 1 aliphatic rings. The van der Waals surface area contributed by atoms with Gasteiger partial charge < -0.3 is 14.2 Å². The third-order valence-corrected chi connectivity index (χ3v) is 8.43. The quantitative estimate of drug-likeness (QED) is 0.112. The van der Waals surface area contributed by atoms with Crippen molar-refractivity contribution in [3.05, 3.63) is 59.7 Å². The summed E-state index contributed by atoms with van der Waals surface area (Å²) < 4.78 is 17.5. The van der Waals surface area contributed by atoms with Crippen LogP contribution >= 0.6 is 0 Å². The van der Waals surface area contributed by atoms with Gasteiger partial charge in [0.25, 0.3) is 0 Å². The number of ether oxygens (including phenoxy) is 3. The number of hydrogen-bond donors (Lipinski definition) is 0. The molecule has 228 valence electrons. The molecule has 41 heavy (non-hydrogen) atoms. The number of aryl methyl sites for hydroxylation is 2. The van der Waals surface area contributed by atoms with E-state index in [1.54, 1.807) is 7.11 Å². The lowest BCUT2D eigenvalue weighted by atomic mass is 10.0. The highest BCUT2D eigenvalue weighted by atomic mass is 16.5. The fourth-order valence-corrected chi connectivity index (χ4v) is 5.89. The molecule has 0 spiro atoms. The van der Waals surface area contributed by atoms with Crippen LogP contribution in [0.25, 0.3) is 0 Å². The lowest BCUT2D eigenvalue weighted by molar-refractivity contribution is -0.148. The smallest absolute Gasteiger partial charge is 0.306 e. The van der Waals surface area contributed by atoms with Gasteiger partial charge in [0.05, 0.1) is 13.7 Å². The van der Waals surface area contributed by atoms with Gasteiger partial charge in [-0.15, -0.1) is 0 Å². The molecule has 0 amide bonds. The van der Waals surface area contributed by atoms with E-state index < -0.39 is 0 Å². The van der Waals surface area contributed by atoms with Crippen LogP contribution in [0.4, 0.5) is 0 Å². The SMILES string of the molecule is CCCCCCCCCCCCCC(=O)O[C@@H]1C[C@@H](CCOc2ccccc2CCc2cccc(OC)c2)N(C)C1. The Balaban J connectivity index is 1.27. The number of likely N-dealkylation sites (N-methyl/N-ethyl adjacent to an activating group) is 1.